The molecule has 0 radical (unpaired) electrons. The predicted octanol–water partition coefficient (Wildman–Crippen LogP) is 3.25. The van der Waals surface area contributed by atoms with E-state index in [1.165, 1.54) is 6.07 Å². The molecule has 2 aromatic rings. The van der Waals surface area contributed by atoms with Crippen LogP contribution in [0.15, 0.2) is 65.0 Å². The second-order valence-electron chi connectivity index (χ2n) is 3.42. The molecule has 0 fully saturated rings. The van der Waals surface area contributed by atoms with E-state index >= 15 is 0 Å². The molecule has 0 saturated carbocycles. The quantitative estimate of drug-likeness (QED) is 0.663. The Kier molecular flexibility index (Phi) is 3.66. The van der Waals surface area contributed by atoms with Crippen LogP contribution in [0.1, 0.15) is 10.4 Å². The average Bonchev–Trinajstić information content (AvgIpc) is 2.42. The van der Waals surface area contributed by atoms with Crippen molar-refractivity contribution in [2.75, 3.05) is 0 Å². The summed E-state index contributed by atoms with van der Waals surface area (Å²) in [6, 6.07) is 14.8. The maximum atomic E-state index is 11.5. The number of benzene rings is 2. The largest absolute Gasteiger partial charge is 0.506 e. The van der Waals surface area contributed by atoms with Gasteiger partial charge in [-0.15, -0.1) is 5.11 Å². The molecule has 0 saturated heterocycles. The van der Waals surface area contributed by atoms with E-state index in [4.69, 9.17) is 0 Å². The van der Waals surface area contributed by atoms with E-state index in [0.29, 0.717) is 5.56 Å². The van der Waals surface area contributed by atoms with E-state index in [1.807, 2.05) is 0 Å². The Balaban J connectivity index is 2.00. The highest BCUT2D eigenvalue weighted by Gasteiger charge is 2.05. The van der Waals surface area contributed by atoms with Crippen LogP contribution >= 0.6 is 0 Å². The van der Waals surface area contributed by atoms with Crippen molar-refractivity contribution in [2.24, 2.45) is 10.4 Å². The van der Waals surface area contributed by atoms with Crippen LogP contribution in [-0.4, -0.2) is 11.1 Å². The summed E-state index contributed by atoms with van der Waals surface area (Å²) in [5, 5.41) is 16.3. The van der Waals surface area contributed by atoms with Gasteiger partial charge in [-0.05, 0) is 24.3 Å². The Morgan fingerprint density at radius 3 is 2.39 bits per heavy atom. The van der Waals surface area contributed by atoms with Crippen molar-refractivity contribution in [3.63, 3.8) is 0 Å². The fourth-order valence-corrected chi connectivity index (χ4v) is 1.28. The zero-order chi connectivity index (χ0) is 12.8. The van der Waals surface area contributed by atoms with Gasteiger partial charge in [0.1, 0.15) is 11.4 Å². The lowest BCUT2D eigenvalue weighted by Crippen LogP contribution is -1.99. The van der Waals surface area contributed by atoms with Gasteiger partial charge >= 0.3 is 5.97 Å². The topological polar surface area (TPSA) is 71.2 Å². The Morgan fingerprint density at radius 1 is 1.00 bits per heavy atom. The monoisotopic (exact) mass is 242 g/mol. The molecule has 2 aromatic carbocycles. The number of phenols is 1. The van der Waals surface area contributed by atoms with Crippen LogP contribution in [0.5, 0.6) is 5.75 Å². The van der Waals surface area contributed by atoms with Gasteiger partial charge < -0.3 is 5.11 Å². The molecule has 0 aromatic heterocycles. The lowest BCUT2D eigenvalue weighted by Gasteiger charge is -1.97. The number of para-hydroxylation sites is 1. The van der Waals surface area contributed by atoms with Gasteiger partial charge in [0.2, 0.25) is 0 Å². The van der Waals surface area contributed by atoms with Crippen molar-refractivity contribution in [3.8, 4) is 5.75 Å². The molecule has 0 unspecified atom stereocenters. The van der Waals surface area contributed by atoms with E-state index in [2.05, 4.69) is 15.2 Å². The number of carbonyl (C=O) groups is 1. The summed E-state index contributed by atoms with van der Waals surface area (Å²) in [6.07, 6.45) is 0. The minimum Gasteiger partial charge on any atom is -0.506 e. The fourth-order valence-electron chi connectivity index (χ4n) is 1.28. The third-order valence-electron chi connectivity index (χ3n) is 2.16. The highest BCUT2D eigenvalue weighted by Crippen LogP contribution is 2.25. The zero-order valence-electron chi connectivity index (χ0n) is 9.35. The van der Waals surface area contributed by atoms with Crippen molar-refractivity contribution < 1.29 is 14.7 Å². The van der Waals surface area contributed by atoms with Crippen LogP contribution in [-0.2, 0) is 4.84 Å². The molecule has 90 valence electrons. The van der Waals surface area contributed by atoms with Crippen LogP contribution in [0.4, 0.5) is 5.69 Å². The molecule has 5 nitrogen and oxygen atoms in total. The maximum absolute atomic E-state index is 11.5. The average molecular weight is 242 g/mol. The zero-order valence-corrected chi connectivity index (χ0v) is 9.35. The molecule has 0 atom stereocenters. The third kappa shape index (κ3) is 2.91. The SMILES string of the molecule is O=C(ON=Nc1ccccc1O)c1ccccc1. The predicted molar refractivity (Wildman–Crippen MR) is 64.5 cm³/mol. The summed E-state index contributed by atoms with van der Waals surface area (Å²) in [7, 11) is 0. The van der Waals surface area contributed by atoms with Gasteiger partial charge in [-0.2, -0.15) is 0 Å². The van der Waals surface area contributed by atoms with Crippen molar-refractivity contribution >= 4 is 11.7 Å². The molecule has 5 heteroatoms. The summed E-state index contributed by atoms with van der Waals surface area (Å²) in [6.45, 7) is 0. The van der Waals surface area contributed by atoms with E-state index in [9.17, 15) is 9.90 Å². The molecular weight excluding hydrogens is 232 g/mol. The summed E-state index contributed by atoms with van der Waals surface area (Å²) >= 11 is 0. The first kappa shape index (κ1) is 11.8. The molecule has 2 rings (SSSR count). The first-order chi connectivity index (χ1) is 8.77. The van der Waals surface area contributed by atoms with Gasteiger partial charge in [-0.3, -0.25) is 4.84 Å². The molecule has 0 aliphatic rings. The lowest BCUT2D eigenvalue weighted by atomic mass is 10.2. The number of hydrogen-bond acceptors (Lipinski definition) is 5. The van der Waals surface area contributed by atoms with Gasteiger partial charge in [0.15, 0.2) is 0 Å². The molecule has 0 bridgehead atoms. The molecule has 0 amide bonds. The number of rotatable bonds is 3. The maximum Gasteiger partial charge on any atom is 0.367 e. The Hall–Kier alpha value is -2.69. The number of nitrogens with zero attached hydrogens (tertiary/aromatic N) is 2. The first-order valence-electron chi connectivity index (χ1n) is 5.23. The normalized spacial score (nSPS) is 10.4. The second kappa shape index (κ2) is 5.58. The van der Waals surface area contributed by atoms with E-state index in [0.717, 1.165) is 0 Å². The number of phenolic OH excluding ortho intramolecular Hbond substituents is 1. The smallest absolute Gasteiger partial charge is 0.367 e. The molecule has 0 spiro atoms. The van der Waals surface area contributed by atoms with Crippen LogP contribution < -0.4 is 0 Å². The van der Waals surface area contributed by atoms with Gasteiger partial charge in [0, 0.05) is 5.28 Å². The Morgan fingerprint density at radius 2 is 1.67 bits per heavy atom. The van der Waals surface area contributed by atoms with Gasteiger partial charge in [-0.1, -0.05) is 30.3 Å². The number of aromatic hydroxyl groups is 1. The minimum atomic E-state index is -0.602. The van der Waals surface area contributed by atoms with E-state index < -0.39 is 5.97 Å². The van der Waals surface area contributed by atoms with Crippen LogP contribution in [0.2, 0.25) is 0 Å². The standard InChI is InChI=1S/C13H10N2O3/c16-12-9-5-4-8-11(12)14-15-18-13(17)10-6-2-1-3-7-10/h1-9,16H. The van der Waals surface area contributed by atoms with Crippen LogP contribution in [0.25, 0.3) is 0 Å². The van der Waals surface area contributed by atoms with Crippen LogP contribution in [0.3, 0.4) is 0 Å². The van der Waals surface area contributed by atoms with Crippen molar-refractivity contribution in [3.05, 3.63) is 60.2 Å². The van der Waals surface area contributed by atoms with Gasteiger partial charge in [-0.25, -0.2) is 4.79 Å². The summed E-state index contributed by atoms with van der Waals surface area (Å²) in [5.74, 6) is -0.633. The van der Waals surface area contributed by atoms with Crippen molar-refractivity contribution in [1.82, 2.24) is 0 Å². The summed E-state index contributed by atoms with van der Waals surface area (Å²) in [4.78, 5) is 16.1. The molecule has 0 aliphatic carbocycles. The second-order valence-corrected chi connectivity index (χ2v) is 3.42. The molecular formula is C13H10N2O3. The highest BCUT2D eigenvalue weighted by atomic mass is 16.7. The van der Waals surface area contributed by atoms with E-state index in [1.54, 1.807) is 48.5 Å². The number of carbonyl (C=O) groups excluding carboxylic acids is 1. The van der Waals surface area contributed by atoms with E-state index in [-0.39, 0.29) is 11.4 Å². The Labute approximate surface area is 103 Å². The molecule has 0 heterocycles. The van der Waals surface area contributed by atoms with Crippen molar-refractivity contribution in [2.45, 2.75) is 0 Å². The summed E-state index contributed by atoms with van der Waals surface area (Å²) < 4.78 is 0. The van der Waals surface area contributed by atoms with Crippen LogP contribution in [0, 0.1) is 0 Å². The van der Waals surface area contributed by atoms with Gasteiger partial charge in [0.05, 0.1) is 5.56 Å². The van der Waals surface area contributed by atoms with Gasteiger partial charge in [0.25, 0.3) is 0 Å². The molecule has 1 N–H and O–H groups in total. The highest BCUT2D eigenvalue weighted by molar-refractivity contribution is 5.89. The molecule has 18 heavy (non-hydrogen) atoms. The third-order valence-corrected chi connectivity index (χ3v) is 2.16. The first-order valence-corrected chi connectivity index (χ1v) is 5.23. The van der Waals surface area contributed by atoms with Crippen molar-refractivity contribution in [1.29, 1.82) is 0 Å². The minimum absolute atomic E-state index is 0.0305. The lowest BCUT2D eigenvalue weighted by molar-refractivity contribution is 0.0483. The Bertz CT molecular complexity index is 567. The fraction of sp³-hybridized carbons (Fsp3) is 0. The molecule has 0 aliphatic heterocycles. The summed E-state index contributed by atoms with van der Waals surface area (Å²) in [5.41, 5.74) is 0.618. The number of hydrogen-bond donors (Lipinski definition) is 1.